The third-order valence-corrected chi connectivity index (χ3v) is 2.64. The highest BCUT2D eigenvalue weighted by Gasteiger charge is 2.07. The van der Waals surface area contributed by atoms with Crippen LogP contribution in [-0.2, 0) is 6.54 Å². The number of rotatable bonds is 4. The molecule has 0 aromatic heterocycles. The second kappa shape index (κ2) is 5.48. The monoisotopic (exact) mass is 263 g/mol. The van der Waals surface area contributed by atoms with Crippen LogP contribution in [0.3, 0.4) is 0 Å². The van der Waals surface area contributed by atoms with Gasteiger partial charge in [-0.2, -0.15) is 0 Å². The number of carboxylic acid groups (broad SMARTS) is 1. The predicted molar refractivity (Wildman–Crippen MR) is 67.1 cm³/mol. The molecular formula is C14H11F2NO2. The second-order valence-electron chi connectivity index (χ2n) is 3.96. The van der Waals surface area contributed by atoms with E-state index in [4.69, 9.17) is 5.11 Å². The third kappa shape index (κ3) is 3.07. The Bertz CT molecular complexity index is 597. The molecule has 0 spiro atoms. The van der Waals surface area contributed by atoms with Crippen molar-refractivity contribution in [3.8, 4) is 0 Å². The van der Waals surface area contributed by atoms with Gasteiger partial charge in [-0.05, 0) is 29.8 Å². The van der Waals surface area contributed by atoms with Crippen LogP contribution in [0.1, 0.15) is 15.9 Å². The number of benzene rings is 2. The normalized spacial score (nSPS) is 10.2. The summed E-state index contributed by atoms with van der Waals surface area (Å²) in [6, 6.07) is 10.0. The van der Waals surface area contributed by atoms with Gasteiger partial charge in [0.05, 0.1) is 11.3 Å². The fourth-order valence-electron chi connectivity index (χ4n) is 1.60. The first-order valence-corrected chi connectivity index (χ1v) is 5.58. The highest BCUT2D eigenvalue weighted by molar-refractivity contribution is 5.87. The van der Waals surface area contributed by atoms with Gasteiger partial charge < -0.3 is 10.4 Å². The van der Waals surface area contributed by atoms with E-state index in [0.29, 0.717) is 0 Å². The minimum atomic E-state index is -1.00. The van der Waals surface area contributed by atoms with Crippen molar-refractivity contribution in [2.45, 2.75) is 6.54 Å². The van der Waals surface area contributed by atoms with E-state index in [1.807, 2.05) is 0 Å². The number of hydrogen-bond donors (Lipinski definition) is 2. The van der Waals surface area contributed by atoms with Crippen molar-refractivity contribution in [3.05, 3.63) is 65.2 Å². The van der Waals surface area contributed by atoms with E-state index in [9.17, 15) is 13.6 Å². The quantitative estimate of drug-likeness (QED) is 0.890. The summed E-state index contributed by atoms with van der Waals surface area (Å²) < 4.78 is 26.3. The van der Waals surface area contributed by atoms with Gasteiger partial charge in [-0.15, -0.1) is 0 Å². The Morgan fingerprint density at radius 3 is 2.42 bits per heavy atom. The fourth-order valence-corrected chi connectivity index (χ4v) is 1.60. The van der Waals surface area contributed by atoms with Gasteiger partial charge in [-0.25, -0.2) is 13.6 Å². The lowest BCUT2D eigenvalue weighted by atomic mass is 10.1. The number of halogens is 2. The molecule has 0 radical (unpaired) electrons. The summed E-state index contributed by atoms with van der Waals surface area (Å²) in [5, 5.41) is 11.5. The van der Waals surface area contributed by atoms with Crippen LogP contribution >= 0.6 is 0 Å². The lowest BCUT2D eigenvalue weighted by Gasteiger charge is -2.08. The summed E-state index contributed by atoms with van der Waals surface area (Å²) >= 11 is 0. The molecule has 0 fully saturated rings. The van der Waals surface area contributed by atoms with Gasteiger partial charge in [-0.1, -0.05) is 18.2 Å². The lowest BCUT2D eigenvalue weighted by Crippen LogP contribution is -2.03. The molecule has 0 amide bonds. The molecule has 0 aliphatic carbocycles. The smallest absolute Gasteiger partial charge is 0.335 e. The first kappa shape index (κ1) is 13.0. The van der Waals surface area contributed by atoms with Gasteiger partial charge in [0, 0.05) is 6.54 Å². The van der Waals surface area contributed by atoms with Crippen molar-refractivity contribution in [3.63, 3.8) is 0 Å². The number of aromatic carboxylic acids is 1. The topological polar surface area (TPSA) is 49.3 Å². The Morgan fingerprint density at radius 2 is 1.79 bits per heavy atom. The van der Waals surface area contributed by atoms with Gasteiger partial charge in [0.1, 0.15) is 0 Å². The van der Waals surface area contributed by atoms with Crippen LogP contribution in [0.15, 0.2) is 42.5 Å². The molecule has 0 unspecified atom stereocenters. The Balaban J connectivity index is 2.06. The molecule has 2 N–H and O–H groups in total. The Morgan fingerprint density at radius 1 is 1.11 bits per heavy atom. The summed E-state index contributed by atoms with van der Waals surface area (Å²) in [5.74, 6) is -2.84. The average Bonchev–Trinajstić information content (AvgIpc) is 2.41. The average molecular weight is 263 g/mol. The number of carboxylic acids is 1. The Hall–Kier alpha value is -2.43. The predicted octanol–water partition coefficient (Wildman–Crippen LogP) is 3.28. The third-order valence-electron chi connectivity index (χ3n) is 2.64. The number of anilines is 1. The van der Waals surface area contributed by atoms with Crippen molar-refractivity contribution >= 4 is 11.7 Å². The molecule has 0 aliphatic rings. The molecule has 0 aliphatic heterocycles. The van der Waals surface area contributed by atoms with Gasteiger partial charge >= 0.3 is 5.97 Å². The van der Waals surface area contributed by atoms with Crippen molar-refractivity contribution in [1.82, 2.24) is 0 Å². The van der Waals surface area contributed by atoms with Crippen LogP contribution in [0, 0.1) is 11.6 Å². The number of carbonyl (C=O) groups is 1. The van der Waals surface area contributed by atoms with Gasteiger partial charge in [0.15, 0.2) is 11.6 Å². The van der Waals surface area contributed by atoms with E-state index in [1.165, 1.54) is 24.3 Å². The molecule has 5 heteroatoms. The molecule has 3 nitrogen and oxygen atoms in total. The van der Waals surface area contributed by atoms with Crippen LogP contribution in [0.5, 0.6) is 0 Å². The number of nitrogens with one attached hydrogen (secondary N) is 1. The standard InChI is InChI=1S/C14H11F2NO2/c15-11-2-1-3-12(13(11)16)17-8-9-4-6-10(7-5-9)14(18)19/h1-7,17H,8H2,(H,18,19). The minimum absolute atomic E-state index is 0.0716. The minimum Gasteiger partial charge on any atom is -0.478 e. The molecule has 98 valence electrons. The van der Waals surface area contributed by atoms with Gasteiger partial charge in [-0.3, -0.25) is 0 Å². The highest BCUT2D eigenvalue weighted by Crippen LogP contribution is 2.17. The lowest BCUT2D eigenvalue weighted by molar-refractivity contribution is 0.0697. The van der Waals surface area contributed by atoms with Crippen LogP contribution in [-0.4, -0.2) is 11.1 Å². The van der Waals surface area contributed by atoms with Crippen LogP contribution < -0.4 is 5.32 Å². The first-order valence-electron chi connectivity index (χ1n) is 5.58. The second-order valence-corrected chi connectivity index (χ2v) is 3.96. The zero-order valence-electron chi connectivity index (χ0n) is 9.86. The summed E-state index contributed by atoms with van der Waals surface area (Å²) in [7, 11) is 0. The summed E-state index contributed by atoms with van der Waals surface area (Å²) in [5.41, 5.74) is 1.02. The summed E-state index contributed by atoms with van der Waals surface area (Å²) in [6.07, 6.45) is 0. The van der Waals surface area contributed by atoms with E-state index in [-0.39, 0.29) is 17.8 Å². The molecule has 19 heavy (non-hydrogen) atoms. The molecule has 0 saturated carbocycles. The van der Waals surface area contributed by atoms with E-state index < -0.39 is 17.6 Å². The van der Waals surface area contributed by atoms with Gasteiger partial charge in [0.2, 0.25) is 0 Å². The van der Waals surface area contributed by atoms with Crippen molar-refractivity contribution in [2.24, 2.45) is 0 Å². The largest absolute Gasteiger partial charge is 0.478 e. The molecule has 2 aromatic carbocycles. The first-order chi connectivity index (χ1) is 9.08. The fraction of sp³-hybridized carbons (Fsp3) is 0.0714. The molecule has 0 saturated heterocycles. The zero-order valence-corrected chi connectivity index (χ0v) is 9.86. The maximum atomic E-state index is 13.4. The van der Waals surface area contributed by atoms with Crippen molar-refractivity contribution < 1.29 is 18.7 Å². The molecule has 0 heterocycles. The molecule has 2 aromatic rings. The molecular weight excluding hydrogens is 252 g/mol. The maximum Gasteiger partial charge on any atom is 0.335 e. The van der Waals surface area contributed by atoms with Crippen molar-refractivity contribution in [1.29, 1.82) is 0 Å². The van der Waals surface area contributed by atoms with Crippen LogP contribution in [0.2, 0.25) is 0 Å². The van der Waals surface area contributed by atoms with Crippen molar-refractivity contribution in [2.75, 3.05) is 5.32 Å². The summed E-state index contributed by atoms with van der Waals surface area (Å²) in [4.78, 5) is 10.7. The number of hydrogen-bond acceptors (Lipinski definition) is 2. The van der Waals surface area contributed by atoms with Crippen LogP contribution in [0.25, 0.3) is 0 Å². The summed E-state index contributed by atoms with van der Waals surface area (Å²) in [6.45, 7) is 0.278. The van der Waals surface area contributed by atoms with E-state index in [0.717, 1.165) is 11.6 Å². The highest BCUT2D eigenvalue weighted by atomic mass is 19.2. The Labute approximate surface area is 108 Å². The maximum absolute atomic E-state index is 13.4. The van der Waals surface area contributed by atoms with Crippen LogP contribution in [0.4, 0.5) is 14.5 Å². The van der Waals surface area contributed by atoms with E-state index in [2.05, 4.69) is 5.32 Å². The Kier molecular flexibility index (Phi) is 3.75. The molecule has 2 rings (SSSR count). The molecule has 0 bridgehead atoms. The SMILES string of the molecule is O=C(O)c1ccc(CNc2cccc(F)c2F)cc1. The van der Waals surface area contributed by atoms with E-state index >= 15 is 0 Å². The van der Waals surface area contributed by atoms with E-state index in [1.54, 1.807) is 12.1 Å². The zero-order chi connectivity index (χ0) is 13.8. The van der Waals surface area contributed by atoms with Gasteiger partial charge in [0.25, 0.3) is 0 Å². The molecule has 0 atom stereocenters.